The van der Waals surface area contributed by atoms with E-state index in [1.54, 1.807) is 0 Å². The molecule has 1 fully saturated rings. The summed E-state index contributed by atoms with van der Waals surface area (Å²) in [5.41, 5.74) is 0. The van der Waals surface area contributed by atoms with Crippen molar-refractivity contribution in [1.82, 2.24) is 0 Å². The molecule has 0 aromatic rings. The summed E-state index contributed by atoms with van der Waals surface area (Å²) in [6.07, 6.45) is 2.74. The molecule has 1 heteroatoms. The van der Waals surface area contributed by atoms with Crippen LogP contribution in [-0.2, 0) is 0 Å². The van der Waals surface area contributed by atoms with Crippen molar-refractivity contribution in [1.29, 1.82) is 0 Å². The van der Waals surface area contributed by atoms with Crippen molar-refractivity contribution in [3.05, 3.63) is 0 Å². The molecule has 1 aliphatic heterocycles. The predicted octanol–water partition coefficient (Wildman–Crippen LogP) is 6.55. The second-order valence-electron chi connectivity index (χ2n) is 4.50. The van der Waals surface area contributed by atoms with Gasteiger partial charge in [-0.25, -0.2) is 0 Å². The van der Waals surface area contributed by atoms with E-state index in [0.29, 0.717) is 0 Å². The Morgan fingerprint density at radius 2 is 1.12 bits per heavy atom. The van der Waals surface area contributed by atoms with Crippen molar-refractivity contribution in [3.8, 4) is 0 Å². The van der Waals surface area contributed by atoms with Crippen LogP contribution in [0.3, 0.4) is 0 Å². The molecule has 0 aliphatic carbocycles. The van der Waals surface area contributed by atoms with Gasteiger partial charge in [0.25, 0.3) is 0 Å². The van der Waals surface area contributed by atoms with Gasteiger partial charge in [0.05, 0.1) is 0 Å². The lowest BCUT2D eigenvalue weighted by molar-refractivity contribution is 0.342. The SMILES string of the molecule is C.C.CC.CC.C[C@@H]1[B]C[C@H](C)[C@H](C)C[C@@H]1C. The Hall–Kier alpha value is 0.0649. The fraction of sp³-hybridized carbons (Fsp3) is 1.00. The van der Waals surface area contributed by atoms with Crippen LogP contribution in [0.1, 0.15) is 76.7 Å². The lowest BCUT2D eigenvalue weighted by Crippen LogP contribution is -2.07. The molecule has 1 aliphatic rings. The van der Waals surface area contributed by atoms with Crippen LogP contribution in [0.25, 0.3) is 0 Å². The molecule has 0 unspecified atom stereocenters. The van der Waals surface area contributed by atoms with Crippen molar-refractivity contribution in [2.45, 2.75) is 88.8 Å². The second-order valence-corrected chi connectivity index (χ2v) is 4.50. The Morgan fingerprint density at radius 1 is 0.706 bits per heavy atom. The van der Waals surface area contributed by atoms with E-state index in [4.69, 9.17) is 0 Å². The van der Waals surface area contributed by atoms with E-state index in [2.05, 4.69) is 35.0 Å². The van der Waals surface area contributed by atoms with E-state index in [0.717, 1.165) is 23.6 Å². The zero-order chi connectivity index (χ0) is 12.4. The van der Waals surface area contributed by atoms with Gasteiger partial charge < -0.3 is 0 Å². The lowest BCUT2D eigenvalue weighted by atomic mass is 9.58. The molecule has 0 saturated carbocycles. The first kappa shape index (κ1) is 25.8. The smallest absolute Gasteiger partial charge is 0.0776 e. The van der Waals surface area contributed by atoms with E-state index in [9.17, 15) is 0 Å². The lowest BCUT2D eigenvalue weighted by Gasteiger charge is -2.19. The zero-order valence-corrected chi connectivity index (χ0v) is 12.3. The molecule has 17 heavy (non-hydrogen) atoms. The average molecular weight is 243 g/mol. The molecule has 0 amide bonds. The summed E-state index contributed by atoms with van der Waals surface area (Å²) < 4.78 is 0. The minimum atomic E-state index is 0. The molecule has 107 valence electrons. The highest BCUT2D eigenvalue weighted by atomic mass is 14.2. The predicted molar refractivity (Wildman–Crippen MR) is 88.3 cm³/mol. The summed E-state index contributed by atoms with van der Waals surface area (Å²) in [5, 5.41) is 0. The summed E-state index contributed by atoms with van der Waals surface area (Å²) in [6, 6.07) is 0. The van der Waals surface area contributed by atoms with Crippen molar-refractivity contribution in [3.63, 3.8) is 0 Å². The van der Waals surface area contributed by atoms with Crippen molar-refractivity contribution in [2.75, 3.05) is 0 Å². The van der Waals surface area contributed by atoms with Crippen LogP contribution in [0.4, 0.5) is 0 Å². The Labute approximate surface area is 114 Å². The number of rotatable bonds is 0. The zero-order valence-electron chi connectivity index (χ0n) is 12.3. The topological polar surface area (TPSA) is 0 Å². The van der Waals surface area contributed by atoms with Crippen LogP contribution in [0, 0.1) is 17.8 Å². The third kappa shape index (κ3) is 10.9. The number of hydrogen-bond acceptors (Lipinski definition) is 0. The van der Waals surface area contributed by atoms with E-state index < -0.39 is 0 Å². The molecule has 0 aromatic carbocycles. The van der Waals surface area contributed by atoms with Gasteiger partial charge in [0.1, 0.15) is 7.28 Å². The van der Waals surface area contributed by atoms with Gasteiger partial charge in [0.15, 0.2) is 0 Å². The summed E-state index contributed by atoms with van der Waals surface area (Å²) in [7, 11) is 2.51. The highest BCUT2D eigenvalue weighted by molar-refractivity contribution is 6.37. The van der Waals surface area contributed by atoms with Gasteiger partial charge in [0, 0.05) is 0 Å². The largest absolute Gasteiger partial charge is 0.113 e. The Bertz CT molecular complexity index is 109. The molecule has 1 radical (unpaired) electrons. The van der Waals surface area contributed by atoms with Gasteiger partial charge in [-0.3, -0.25) is 0 Å². The van der Waals surface area contributed by atoms with Crippen molar-refractivity contribution in [2.24, 2.45) is 17.8 Å². The molecule has 0 nitrogen and oxygen atoms in total. The minimum Gasteiger partial charge on any atom is -0.0776 e. The van der Waals surface area contributed by atoms with Gasteiger partial charge in [-0.1, -0.05) is 82.4 Å². The maximum atomic E-state index is 2.51. The van der Waals surface area contributed by atoms with Gasteiger partial charge in [0.2, 0.25) is 0 Å². The molecule has 0 spiro atoms. The highest BCUT2D eigenvalue weighted by Crippen LogP contribution is 2.34. The normalized spacial score (nSPS) is 30.6. The Balaban J connectivity index is -0.000000128. The summed E-state index contributed by atoms with van der Waals surface area (Å²) in [5.74, 6) is 3.56. The van der Waals surface area contributed by atoms with E-state index in [-0.39, 0.29) is 14.9 Å². The molecule has 1 rings (SSSR count). The second kappa shape index (κ2) is 16.1. The van der Waals surface area contributed by atoms with E-state index in [1.165, 1.54) is 12.7 Å². The van der Waals surface area contributed by atoms with Crippen LogP contribution in [-0.4, -0.2) is 7.28 Å². The van der Waals surface area contributed by atoms with Gasteiger partial charge in [-0.05, 0) is 24.2 Å². The van der Waals surface area contributed by atoms with Gasteiger partial charge in [-0.2, -0.15) is 0 Å². The maximum absolute atomic E-state index is 2.51. The molecule has 0 bridgehead atoms. The fourth-order valence-electron chi connectivity index (χ4n) is 1.93. The van der Waals surface area contributed by atoms with Gasteiger partial charge in [-0.15, -0.1) is 0 Å². The summed E-state index contributed by atoms with van der Waals surface area (Å²) >= 11 is 0. The molecule has 1 heterocycles. The van der Waals surface area contributed by atoms with E-state index in [1.807, 2.05) is 27.7 Å². The monoisotopic (exact) mass is 243 g/mol. The average Bonchev–Trinajstić information content (AvgIpc) is 2.39. The minimum absolute atomic E-state index is 0. The molecular weight excluding hydrogens is 203 g/mol. The standard InChI is InChI=1S/C10H20B.2C2H6.2CH4/c1-7-5-8(2)10(4)11-6-9(7)3;2*1-2;;/h7-10H,5-6H2,1-4H3;2*1-2H3;2*1H4/t7-,8+,9+,10+;;;;/m1..../s1. The number of hydrogen-bond donors (Lipinski definition) is 0. The first-order chi connectivity index (χ1) is 7.11. The highest BCUT2D eigenvalue weighted by Gasteiger charge is 2.24. The van der Waals surface area contributed by atoms with Crippen LogP contribution in [0.5, 0.6) is 0 Å². The quantitative estimate of drug-likeness (QED) is 0.423. The summed E-state index contributed by atoms with van der Waals surface area (Å²) in [6.45, 7) is 17.5. The third-order valence-electron chi connectivity index (χ3n) is 3.49. The van der Waals surface area contributed by atoms with Gasteiger partial charge >= 0.3 is 0 Å². The summed E-state index contributed by atoms with van der Waals surface area (Å²) in [4.78, 5) is 0. The van der Waals surface area contributed by atoms with Crippen LogP contribution in [0.2, 0.25) is 12.1 Å². The molecule has 4 atom stereocenters. The van der Waals surface area contributed by atoms with Crippen molar-refractivity contribution >= 4 is 7.28 Å². The Morgan fingerprint density at radius 3 is 1.53 bits per heavy atom. The first-order valence-electron chi connectivity index (χ1n) is 6.94. The third-order valence-corrected chi connectivity index (χ3v) is 3.49. The van der Waals surface area contributed by atoms with Crippen LogP contribution >= 0.6 is 0 Å². The molecular formula is C16H40B. The molecule has 0 N–H and O–H groups in total. The molecule has 0 aromatic heterocycles. The van der Waals surface area contributed by atoms with Crippen molar-refractivity contribution < 1.29 is 0 Å². The maximum Gasteiger partial charge on any atom is 0.113 e. The fourth-order valence-corrected chi connectivity index (χ4v) is 1.93. The van der Waals surface area contributed by atoms with Crippen LogP contribution < -0.4 is 0 Å². The Kier molecular flexibility index (Phi) is 24.4. The van der Waals surface area contributed by atoms with Crippen LogP contribution in [0.15, 0.2) is 0 Å². The molecule has 1 saturated heterocycles. The van der Waals surface area contributed by atoms with E-state index >= 15 is 0 Å². The first-order valence-corrected chi connectivity index (χ1v) is 6.94.